The van der Waals surface area contributed by atoms with Crippen molar-refractivity contribution in [3.8, 4) is 17.6 Å². The first-order valence-corrected chi connectivity index (χ1v) is 8.41. The quantitative estimate of drug-likeness (QED) is 0.866. The van der Waals surface area contributed by atoms with E-state index in [1.807, 2.05) is 24.3 Å². The molecule has 0 radical (unpaired) electrons. The molecule has 1 aliphatic rings. The van der Waals surface area contributed by atoms with Crippen LogP contribution in [-0.4, -0.2) is 48.2 Å². The SMILES string of the molecule is CC1CN(CCOc2cccc(C#CCN)c2)CC(C)S1. The van der Waals surface area contributed by atoms with Crippen molar-refractivity contribution in [1.82, 2.24) is 4.90 Å². The number of thioether (sulfide) groups is 1. The zero-order valence-corrected chi connectivity index (χ0v) is 13.7. The number of ether oxygens (including phenoxy) is 1. The largest absolute Gasteiger partial charge is 0.492 e. The third-order valence-corrected chi connectivity index (χ3v) is 4.57. The van der Waals surface area contributed by atoms with Gasteiger partial charge in [0.2, 0.25) is 0 Å². The van der Waals surface area contributed by atoms with Crippen LogP contribution in [0.2, 0.25) is 0 Å². The van der Waals surface area contributed by atoms with E-state index in [0.717, 1.165) is 37.6 Å². The van der Waals surface area contributed by atoms with Gasteiger partial charge in [-0.15, -0.1) is 0 Å². The lowest BCUT2D eigenvalue weighted by atomic mass is 10.2. The molecule has 0 amide bonds. The van der Waals surface area contributed by atoms with Gasteiger partial charge in [0, 0.05) is 35.7 Å². The number of nitrogens with two attached hydrogens (primary N) is 1. The Kier molecular flexibility index (Phi) is 6.44. The maximum atomic E-state index is 5.85. The summed E-state index contributed by atoms with van der Waals surface area (Å²) >= 11 is 2.08. The molecular formula is C17H24N2OS. The molecule has 3 nitrogen and oxygen atoms in total. The molecule has 2 rings (SSSR count). The van der Waals surface area contributed by atoms with E-state index in [-0.39, 0.29) is 0 Å². The molecule has 21 heavy (non-hydrogen) atoms. The molecule has 1 saturated heterocycles. The van der Waals surface area contributed by atoms with Gasteiger partial charge in [0.25, 0.3) is 0 Å². The van der Waals surface area contributed by atoms with Gasteiger partial charge in [0.1, 0.15) is 12.4 Å². The van der Waals surface area contributed by atoms with E-state index < -0.39 is 0 Å². The standard InChI is InChI=1S/C17H24N2OS/c1-14-12-19(13-15(2)21-14)9-10-20-17-7-3-5-16(11-17)6-4-8-18/h3,5,7,11,14-15H,8-10,12-13,18H2,1-2H3. The van der Waals surface area contributed by atoms with Crippen LogP contribution in [0.5, 0.6) is 5.75 Å². The van der Waals surface area contributed by atoms with Crippen molar-refractivity contribution in [2.24, 2.45) is 5.73 Å². The molecule has 2 unspecified atom stereocenters. The van der Waals surface area contributed by atoms with Crippen LogP contribution in [0.15, 0.2) is 24.3 Å². The van der Waals surface area contributed by atoms with Crippen LogP contribution in [0.4, 0.5) is 0 Å². The Bertz CT molecular complexity index is 499. The fraction of sp³-hybridized carbons (Fsp3) is 0.529. The lowest BCUT2D eigenvalue weighted by Crippen LogP contribution is -2.42. The predicted molar refractivity (Wildman–Crippen MR) is 90.8 cm³/mol. The maximum Gasteiger partial charge on any atom is 0.120 e. The van der Waals surface area contributed by atoms with Gasteiger partial charge in [-0.1, -0.05) is 31.8 Å². The van der Waals surface area contributed by atoms with Crippen LogP contribution in [0.1, 0.15) is 19.4 Å². The second-order valence-electron chi connectivity index (χ2n) is 5.40. The zero-order chi connectivity index (χ0) is 15.1. The third-order valence-electron chi connectivity index (χ3n) is 3.34. The Morgan fingerprint density at radius 3 is 2.81 bits per heavy atom. The van der Waals surface area contributed by atoms with E-state index in [1.165, 1.54) is 0 Å². The summed E-state index contributed by atoms with van der Waals surface area (Å²) in [6, 6.07) is 7.89. The lowest BCUT2D eigenvalue weighted by molar-refractivity contribution is 0.207. The highest BCUT2D eigenvalue weighted by Crippen LogP contribution is 2.24. The van der Waals surface area contributed by atoms with Crippen molar-refractivity contribution in [3.63, 3.8) is 0 Å². The maximum absolute atomic E-state index is 5.85. The topological polar surface area (TPSA) is 38.5 Å². The van der Waals surface area contributed by atoms with E-state index in [4.69, 9.17) is 10.5 Å². The third kappa shape index (κ3) is 5.62. The van der Waals surface area contributed by atoms with Crippen LogP contribution in [0.25, 0.3) is 0 Å². The molecule has 1 aromatic rings. The summed E-state index contributed by atoms with van der Waals surface area (Å²) in [5.74, 6) is 6.77. The van der Waals surface area contributed by atoms with Crippen molar-refractivity contribution in [2.45, 2.75) is 24.3 Å². The van der Waals surface area contributed by atoms with Crippen LogP contribution in [0, 0.1) is 11.8 Å². The van der Waals surface area contributed by atoms with Crippen molar-refractivity contribution < 1.29 is 4.74 Å². The van der Waals surface area contributed by atoms with Crippen molar-refractivity contribution in [3.05, 3.63) is 29.8 Å². The Labute approximate surface area is 132 Å². The molecule has 1 heterocycles. The van der Waals surface area contributed by atoms with Gasteiger partial charge >= 0.3 is 0 Å². The summed E-state index contributed by atoms with van der Waals surface area (Å²) in [5.41, 5.74) is 6.34. The molecular weight excluding hydrogens is 280 g/mol. The van der Waals surface area contributed by atoms with Crippen molar-refractivity contribution in [2.75, 3.05) is 32.8 Å². The minimum absolute atomic E-state index is 0.383. The number of hydrogen-bond acceptors (Lipinski definition) is 4. The van der Waals surface area contributed by atoms with E-state index in [1.54, 1.807) is 0 Å². The summed E-state index contributed by atoms with van der Waals surface area (Å²) in [6.07, 6.45) is 0. The Hall–Kier alpha value is -1.15. The number of rotatable bonds is 4. The highest BCUT2D eigenvalue weighted by molar-refractivity contribution is 8.00. The Morgan fingerprint density at radius 2 is 2.10 bits per heavy atom. The minimum atomic E-state index is 0.383. The van der Waals surface area contributed by atoms with Crippen LogP contribution in [-0.2, 0) is 0 Å². The van der Waals surface area contributed by atoms with Crippen molar-refractivity contribution >= 4 is 11.8 Å². The van der Waals surface area contributed by atoms with Crippen molar-refractivity contribution in [1.29, 1.82) is 0 Å². The molecule has 0 aliphatic carbocycles. The number of hydrogen-bond donors (Lipinski definition) is 1. The molecule has 114 valence electrons. The van der Waals surface area contributed by atoms with E-state index in [9.17, 15) is 0 Å². The summed E-state index contributed by atoms with van der Waals surface area (Å²) in [7, 11) is 0. The molecule has 2 atom stereocenters. The summed E-state index contributed by atoms with van der Waals surface area (Å²) in [4.78, 5) is 2.49. The molecule has 2 N–H and O–H groups in total. The smallest absolute Gasteiger partial charge is 0.120 e. The molecule has 1 aromatic carbocycles. The monoisotopic (exact) mass is 304 g/mol. The first-order valence-electron chi connectivity index (χ1n) is 7.47. The van der Waals surface area contributed by atoms with Crippen LogP contribution in [0.3, 0.4) is 0 Å². The van der Waals surface area contributed by atoms with Crippen LogP contribution < -0.4 is 10.5 Å². The predicted octanol–water partition coefficient (Wildman–Crippen LogP) is 2.20. The molecule has 0 saturated carbocycles. The average Bonchev–Trinajstić information content (AvgIpc) is 2.44. The normalized spacial score (nSPS) is 22.4. The fourth-order valence-corrected chi connectivity index (χ4v) is 3.96. The summed E-state index contributed by atoms with van der Waals surface area (Å²) < 4.78 is 5.85. The summed E-state index contributed by atoms with van der Waals surface area (Å²) in [5, 5.41) is 1.42. The highest BCUT2D eigenvalue weighted by atomic mass is 32.2. The highest BCUT2D eigenvalue weighted by Gasteiger charge is 2.21. The molecule has 1 fully saturated rings. The second kappa shape index (κ2) is 8.33. The Balaban J connectivity index is 1.80. The molecule has 0 bridgehead atoms. The van der Waals surface area contributed by atoms with Gasteiger partial charge in [-0.3, -0.25) is 4.90 Å². The molecule has 0 aromatic heterocycles. The van der Waals surface area contributed by atoms with Gasteiger partial charge in [-0.05, 0) is 18.2 Å². The lowest BCUT2D eigenvalue weighted by Gasteiger charge is -2.34. The number of benzene rings is 1. The first kappa shape index (κ1) is 16.2. The Morgan fingerprint density at radius 1 is 1.33 bits per heavy atom. The first-order chi connectivity index (χ1) is 10.2. The van der Waals surface area contributed by atoms with Gasteiger partial charge < -0.3 is 10.5 Å². The van der Waals surface area contributed by atoms with Gasteiger partial charge in [-0.2, -0.15) is 11.8 Å². The minimum Gasteiger partial charge on any atom is -0.492 e. The van der Waals surface area contributed by atoms with Crippen LogP contribution >= 0.6 is 11.8 Å². The summed E-state index contributed by atoms with van der Waals surface area (Å²) in [6.45, 7) is 8.99. The zero-order valence-electron chi connectivity index (χ0n) is 12.8. The molecule has 1 aliphatic heterocycles. The van der Waals surface area contributed by atoms with E-state index in [2.05, 4.69) is 42.4 Å². The number of nitrogens with zero attached hydrogens (tertiary/aromatic N) is 1. The fourth-order valence-electron chi connectivity index (χ4n) is 2.58. The molecule has 0 spiro atoms. The van der Waals surface area contributed by atoms with Gasteiger partial charge in [0.05, 0.1) is 6.54 Å². The molecule has 4 heteroatoms. The van der Waals surface area contributed by atoms with Gasteiger partial charge in [0.15, 0.2) is 0 Å². The average molecular weight is 304 g/mol. The van der Waals surface area contributed by atoms with E-state index >= 15 is 0 Å². The van der Waals surface area contributed by atoms with E-state index in [0.29, 0.717) is 17.0 Å². The van der Waals surface area contributed by atoms with Gasteiger partial charge in [-0.25, -0.2) is 0 Å². The second-order valence-corrected chi connectivity index (χ2v) is 7.28.